The van der Waals surface area contributed by atoms with E-state index in [2.05, 4.69) is 16.0 Å². The summed E-state index contributed by atoms with van der Waals surface area (Å²) in [4.78, 5) is 97.8. The number of rotatable bonds is 28. The fraction of sp³-hybridized carbons (Fsp3) is 0.478. The maximum atomic E-state index is 13.9. The third kappa shape index (κ3) is 14.3. The van der Waals surface area contributed by atoms with Crippen LogP contribution in [0.2, 0.25) is 0 Å². The first-order chi connectivity index (χ1) is 31.5. The molecule has 0 fully saturated rings. The first kappa shape index (κ1) is 49.6. The number of anilines is 1. The second-order valence-corrected chi connectivity index (χ2v) is 15.4. The summed E-state index contributed by atoms with van der Waals surface area (Å²) < 4.78 is 20.7. The fourth-order valence-electron chi connectivity index (χ4n) is 7.62. The smallest absolute Gasteiger partial charge is 0.306 e. The number of benzene rings is 3. The highest BCUT2D eigenvalue weighted by molar-refractivity contribution is 6.18. The van der Waals surface area contributed by atoms with E-state index in [-0.39, 0.29) is 92.9 Å². The maximum absolute atomic E-state index is 13.9. The Balaban J connectivity index is 1.22. The second kappa shape index (κ2) is 25.2. The first-order valence-electron chi connectivity index (χ1n) is 21.8. The van der Waals surface area contributed by atoms with Gasteiger partial charge in [0.05, 0.1) is 65.2 Å². The van der Waals surface area contributed by atoms with E-state index in [1.54, 1.807) is 4.40 Å². The molecule has 0 aliphatic rings. The Morgan fingerprint density at radius 2 is 0.985 bits per heavy atom. The number of esters is 4. The summed E-state index contributed by atoms with van der Waals surface area (Å²) in [7, 11) is 5.24. The Morgan fingerprint density at radius 1 is 0.523 bits per heavy atom. The van der Waals surface area contributed by atoms with Crippen LogP contribution in [0.1, 0.15) is 38.5 Å². The van der Waals surface area contributed by atoms with Crippen LogP contribution < -0.4 is 21.5 Å². The number of carbonyl (C=O) groups excluding carboxylic acids is 6. The number of carbonyl (C=O) groups is 6. The zero-order valence-corrected chi connectivity index (χ0v) is 37.7. The molecule has 0 radical (unpaired) electrons. The van der Waals surface area contributed by atoms with Gasteiger partial charge in [-0.05, 0) is 30.3 Å². The van der Waals surface area contributed by atoms with Crippen molar-refractivity contribution < 1.29 is 47.7 Å². The molecule has 5 rings (SSSR count). The predicted octanol–water partition coefficient (Wildman–Crippen LogP) is 2.17. The van der Waals surface area contributed by atoms with Crippen molar-refractivity contribution in [3.05, 3.63) is 65.0 Å². The number of methoxy groups -OCH3 is 4. The molecule has 0 spiro atoms. The molecule has 2 aromatic heterocycles. The molecule has 0 aliphatic heterocycles. The molecular formula is C46H60N8O11. The fourth-order valence-corrected chi connectivity index (χ4v) is 7.62. The van der Waals surface area contributed by atoms with Crippen LogP contribution in [0.5, 0.6) is 0 Å². The lowest BCUT2D eigenvalue weighted by Gasteiger charge is -2.24. The van der Waals surface area contributed by atoms with Crippen molar-refractivity contribution in [3.8, 4) is 0 Å². The van der Waals surface area contributed by atoms with E-state index in [1.807, 2.05) is 69.3 Å². The van der Waals surface area contributed by atoms with Crippen LogP contribution in [0.15, 0.2) is 59.4 Å². The number of hydrogen-bond acceptors (Lipinski definition) is 16. The minimum absolute atomic E-state index is 0.132. The highest BCUT2D eigenvalue weighted by Gasteiger charge is 2.19. The van der Waals surface area contributed by atoms with E-state index in [9.17, 15) is 33.6 Å². The van der Waals surface area contributed by atoms with Gasteiger partial charge in [0.15, 0.2) is 0 Å². The summed E-state index contributed by atoms with van der Waals surface area (Å²) in [6.45, 7) is 4.37. The zero-order valence-electron chi connectivity index (χ0n) is 37.7. The lowest BCUT2D eigenvalue weighted by molar-refractivity contribution is -0.142. The van der Waals surface area contributed by atoms with E-state index in [4.69, 9.17) is 23.9 Å². The number of pyridine rings is 1. The van der Waals surface area contributed by atoms with E-state index >= 15 is 0 Å². The maximum Gasteiger partial charge on any atom is 0.306 e. The van der Waals surface area contributed by atoms with Crippen LogP contribution in [-0.4, -0.2) is 167 Å². The van der Waals surface area contributed by atoms with Crippen molar-refractivity contribution in [2.75, 3.05) is 112 Å². The molecule has 0 bridgehead atoms. The summed E-state index contributed by atoms with van der Waals surface area (Å²) in [6, 6.07) is 17.2. The summed E-state index contributed by atoms with van der Waals surface area (Å²) in [5.74, 6) is -1.92. The first-order valence-corrected chi connectivity index (χ1v) is 21.8. The third-order valence-corrected chi connectivity index (χ3v) is 11.3. The number of imidazole rings is 1. The Morgan fingerprint density at radius 3 is 1.49 bits per heavy atom. The van der Waals surface area contributed by atoms with Gasteiger partial charge < -0.3 is 49.6 Å². The molecule has 5 aromatic rings. The molecule has 3 N–H and O–H groups in total. The van der Waals surface area contributed by atoms with Gasteiger partial charge in [0.25, 0.3) is 5.56 Å². The predicted molar refractivity (Wildman–Crippen MR) is 245 cm³/mol. The summed E-state index contributed by atoms with van der Waals surface area (Å²) >= 11 is 0. The monoisotopic (exact) mass is 900 g/mol. The summed E-state index contributed by atoms with van der Waals surface area (Å²) in [5, 5.41) is 12.5. The number of nitrogens with zero attached hydrogens (tertiary/aromatic N) is 5. The van der Waals surface area contributed by atoms with Gasteiger partial charge in [-0.15, -0.1) is 0 Å². The molecule has 0 aliphatic carbocycles. The van der Waals surface area contributed by atoms with E-state index < -0.39 is 0 Å². The number of nitrogens with one attached hydrogen (secondary N) is 3. The Labute approximate surface area is 377 Å². The Hall–Kier alpha value is -6.44. The molecule has 350 valence electrons. The third-order valence-electron chi connectivity index (χ3n) is 11.3. The number of hydrogen-bond donors (Lipinski definition) is 3. The lowest BCUT2D eigenvalue weighted by Crippen LogP contribution is -2.40. The van der Waals surface area contributed by atoms with E-state index in [0.29, 0.717) is 76.5 Å². The van der Waals surface area contributed by atoms with Crippen LogP contribution >= 0.6 is 0 Å². The van der Waals surface area contributed by atoms with Crippen molar-refractivity contribution >= 4 is 79.6 Å². The lowest BCUT2D eigenvalue weighted by atomic mass is 10.0. The molecule has 2 heterocycles. The van der Waals surface area contributed by atoms with Gasteiger partial charge in [-0.2, -0.15) is 0 Å². The van der Waals surface area contributed by atoms with Gasteiger partial charge in [0.1, 0.15) is 5.65 Å². The van der Waals surface area contributed by atoms with Gasteiger partial charge in [-0.25, -0.2) is 4.98 Å². The Bertz CT molecular complexity index is 2370. The van der Waals surface area contributed by atoms with Crippen molar-refractivity contribution in [2.24, 2.45) is 0 Å². The van der Waals surface area contributed by atoms with Gasteiger partial charge in [-0.3, -0.25) is 38.0 Å². The molecule has 0 atom stereocenters. The van der Waals surface area contributed by atoms with Gasteiger partial charge in [0.2, 0.25) is 11.8 Å². The molecule has 2 amide bonds. The largest absolute Gasteiger partial charge is 0.469 e. The molecule has 19 nitrogen and oxygen atoms in total. The highest BCUT2D eigenvalue weighted by atomic mass is 16.5. The van der Waals surface area contributed by atoms with Crippen LogP contribution in [0, 0.1) is 0 Å². The van der Waals surface area contributed by atoms with Gasteiger partial charge in [0, 0.05) is 119 Å². The van der Waals surface area contributed by atoms with Gasteiger partial charge in [-0.1, -0.05) is 24.3 Å². The minimum Gasteiger partial charge on any atom is -0.469 e. The topological polar surface area (TPSA) is 220 Å². The molecule has 0 saturated carbocycles. The molecule has 65 heavy (non-hydrogen) atoms. The quantitative estimate of drug-likeness (QED) is 0.0484. The standard InChI is InChI=1S/C46H60N8O11/c1-62-40(57)16-25-52(26-17-41(58)63-2)30-21-48-38(55)14-23-51(24-15-39(56)49-22-31-53(27-18-42(59)64-3)28-19-43(60)65-4)29-20-47-35-13-12-33-44-32(35)8-7-9-34(44)46(61)54-37-11-6-5-10-36(37)50-45(33)54/h5-13,47H,14-31H2,1-4H3,(H,48,55)(H,49,56). The Kier molecular flexibility index (Phi) is 19.2. The van der Waals surface area contributed by atoms with Gasteiger partial charge >= 0.3 is 23.9 Å². The molecule has 0 unspecified atom stereocenters. The molecular weight excluding hydrogens is 841 g/mol. The van der Waals surface area contributed by atoms with E-state index in [1.165, 1.54) is 28.4 Å². The number of aromatic nitrogens is 2. The number of para-hydroxylation sites is 2. The van der Waals surface area contributed by atoms with E-state index in [0.717, 1.165) is 32.9 Å². The number of ether oxygens (including phenoxy) is 4. The van der Waals surface area contributed by atoms with Crippen molar-refractivity contribution in [3.63, 3.8) is 0 Å². The van der Waals surface area contributed by atoms with Crippen molar-refractivity contribution in [1.82, 2.24) is 34.7 Å². The number of fused-ring (bicyclic) bond motifs is 4. The summed E-state index contributed by atoms with van der Waals surface area (Å²) in [5.41, 5.74) is 2.77. The molecule has 3 aromatic carbocycles. The van der Waals surface area contributed by atoms with Crippen LogP contribution in [0.25, 0.3) is 38.2 Å². The van der Waals surface area contributed by atoms with Crippen LogP contribution in [0.4, 0.5) is 5.69 Å². The van der Waals surface area contributed by atoms with Crippen LogP contribution in [0.3, 0.4) is 0 Å². The molecule has 0 saturated heterocycles. The second-order valence-electron chi connectivity index (χ2n) is 15.4. The summed E-state index contributed by atoms with van der Waals surface area (Å²) in [6.07, 6.45) is 0.817. The molecule has 19 heteroatoms. The SMILES string of the molecule is COC(=O)CCN(CCNC(=O)CCN(CCNc1ccc2c3c1cccc3c(=O)n1c3ccccc3nc21)CCC(=O)NCCN(CCC(=O)OC)CCC(=O)OC)CCC(=O)OC. The number of amides is 2. The average Bonchev–Trinajstić information content (AvgIpc) is 3.72. The minimum atomic E-state index is -0.380. The average molecular weight is 901 g/mol. The van der Waals surface area contributed by atoms with Crippen molar-refractivity contribution in [1.29, 1.82) is 0 Å². The van der Waals surface area contributed by atoms with Crippen molar-refractivity contribution in [2.45, 2.75) is 38.5 Å². The zero-order chi connectivity index (χ0) is 46.7. The highest BCUT2D eigenvalue weighted by Crippen LogP contribution is 2.33. The normalized spacial score (nSPS) is 11.5. The van der Waals surface area contributed by atoms with Crippen LogP contribution in [-0.2, 0) is 47.7 Å².